The predicted molar refractivity (Wildman–Crippen MR) is 80.9 cm³/mol. The number of rotatable bonds is 2. The SMILES string of the molecule is Cc1c(-c2nnc3sc(-c4ccc(F)c(F)c4F)nn23)cnn1C. The number of aryl methyl sites for hydroxylation is 1. The molecular formula is C14H9F3N6S. The number of fused-ring (bicyclic) bond motifs is 1. The summed E-state index contributed by atoms with van der Waals surface area (Å²) in [5, 5.41) is 16.6. The summed E-state index contributed by atoms with van der Waals surface area (Å²) in [6, 6.07) is 2.01. The molecule has 0 spiro atoms. The Labute approximate surface area is 137 Å². The fourth-order valence-corrected chi connectivity index (χ4v) is 3.16. The molecule has 3 aromatic heterocycles. The standard InChI is InChI=1S/C14H9F3N6S/c1-6-8(5-18-22(6)2)12-19-20-14-23(12)21-13(24-14)7-3-4-9(15)11(17)10(7)16/h3-5H,1-2H3. The monoisotopic (exact) mass is 350 g/mol. The summed E-state index contributed by atoms with van der Waals surface area (Å²) in [7, 11) is 1.79. The van der Waals surface area contributed by atoms with Crippen LogP contribution in [0.3, 0.4) is 0 Å². The zero-order chi connectivity index (χ0) is 17.0. The molecule has 0 radical (unpaired) electrons. The molecule has 10 heteroatoms. The molecular weight excluding hydrogens is 341 g/mol. The molecule has 6 nitrogen and oxygen atoms in total. The number of benzene rings is 1. The molecule has 0 bridgehead atoms. The average molecular weight is 350 g/mol. The Morgan fingerprint density at radius 3 is 2.54 bits per heavy atom. The predicted octanol–water partition coefficient (Wildman–Crippen LogP) is 2.98. The van der Waals surface area contributed by atoms with Crippen molar-refractivity contribution in [2.75, 3.05) is 0 Å². The maximum atomic E-state index is 14.0. The first-order chi connectivity index (χ1) is 11.5. The third-order valence-corrected chi connectivity index (χ3v) is 4.66. The van der Waals surface area contributed by atoms with E-state index in [1.807, 2.05) is 6.92 Å². The smallest absolute Gasteiger partial charge is 0.235 e. The summed E-state index contributed by atoms with van der Waals surface area (Å²) in [5.41, 5.74) is 1.46. The van der Waals surface area contributed by atoms with Gasteiger partial charge in [0.1, 0.15) is 0 Å². The van der Waals surface area contributed by atoms with E-state index in [4.69, 9.17) is 0 Å². The molecule has 0 atom stereocenters. The summed E-state index contributed by atoms with van der Waals surface area (Å²) < 4.78 is 43.6. The fraction of sp³-hybridized carbons (Fsp3) is 0.143. The van der Waals surface area contributed by atoms with Gasteiger partial charge in [0.2, 0.25) is 4.96 Å². The van der Waals surface area contributed by atoms with Crippen LogP contribution in [0, 0.1) is 24.4 Å². The van der Waals surface area contributed by atoms with Crippen LogP contribution >= 0.6 is 11.3 Å². The van der Waals surface area contributed by atoms with Gasteiger partial charge in [-0.1, -0.05) is 11.3 Å². The second kappa shape index (κ2) is 5.13. The molecule has 0 saturated carbocycles. The highest BCUT2D eigenvalue weighted by molar-refractivity contribution is 7.19. The lowest BCUT2D eigenvalue weighted by Crippen LogP contribution is -1.96. The summed E-state index contributed by atoms with van der Waals surface area (Å²) in [6.07, 6.45) is 1.63. The first kappa shape index (κ1) is 14.8. The first-order valence-electron chi connectivity index (χ1n) is 6.82. The van der Waals surface area contributed by atoms with Crippen molar-refractivity contribution in [1.29, 1.82) is 0 Å². The molecule has 4 aromatic rings. The van der Waals surface area contributed by atoms with Crippen LogP contribution in [0.25, 0.3) is 26.9 Å². The third kappa shape index (κ3) is 2.03. The van der Waals surface area contributed by atoms with Gasteiger partial charge in [0.15, 0.2) is 28.3 Å². The van der Waals surface area contributed by atoms with Gasteiger partial charge in [-0.15, -0.1) is 10.2 Å². The topological polar surface area (TPSA) is 60.9 Å². The third-order valence-electron chi connectivity index (χ3n) is 3.73. The highest BCUT2D eigenvalue weighted by Gasteiger charge is 2.21. The van der Waals surface area contributed by atoms with Crippen LogP contribution in [0.4, 0.5) is 13.2 Å². The molecule has 0 aliphatic carbocycles. The van der Waals surface area contributed by atoms with Crippen molar-refractivity contribution >= 4 is 16.3 Å². The van der Waals surface area contributed by atoms with Crippen LogP contribution in [0.15, 0.2) is 18.3 Å². The van der Waals surface area contributed by atoms with Crippen molar-refractivity contribution in [2.45, 2.75) is 6.92 Å². The number of hydrogen-bond donors (Lipinski definition) is 0. The summed E-state index contributed by atoms with van der Waals surface area (Å²) in [6.45, 7) is 1.87. The molecule has 0 N–H and O–H groups in total. The Kier molecular flexibility index (Phi) is 3.17. The van der Waals surface area contributed by atoms with Crippen molar-refractivity contribution in [3.63, 3.8) is 0 Å². The van der Waals surface area contributed by atoms with Crippen molar-refractivity contribution in [2.24, 2.45) is 7.05 Å². The van der Waals surface area contributed by atoms with Gasteiger partial charge in [-0.05, 0) is 19.1 Å². The number of nitrogens with zero attached hydrogens (tertiary/aromatic N) is 6. The van der Waals surface area contributed by atoms with Gasteiger partial charge < -0.3 is 0 Å². The van der Waals surface area contributed by atoms with Crippen molar-refractivity contribution in [3.8, 4) is 22.0 Å². The van der Waals surface area contributed by atoms with E-state index in [2.05, 4.69) is 20.4 Å². The van der Waals surface area contributed by atoms with E-state index in [0.717, 1.165) is 34.7 Å². The number of halogens is 3. The molecule has 0 aliphatic heterocycles. The molecule has 0 saturated heterocycles. The Bertz CT molecular complexity index is 1080. The Morgan fingerprint density at radius 2 is 1.83 bits per heavy atom. The highest BCUT2D eigenvalue weighted by atomic mass is 32.1. The van der Waals surface area contributed by atoms with Gasteiger partial charge in [0.25, 0.3) is 0 Å². The molecule has 122 valence electrons. The van der Waals surface area contributed by atoms with Crippen LogP contribution in [-0.4, -0.2) is 29.6 Å². The quantitative estimate of drug-likeness (QED) is 0.522. The first-order valence-corrected chi connectivity index (χ1v) is 7.64. The molecule has 0 aliphatic rings. The Morgan fingerprint density at radius 1 is 1.04 bits per heavy atom. The molecule has 0 fully saturated rings. The zero-order valence-corrected chi connectivity index (χ0v) is 13.3. The lowest BCUT2D eigenvalue weighted by Gasteiger charge is -2.00. The van der Waals surface area contributed by atoms with E-state index in [-0.39, 0.29) is 10.6 Å². The van der Waals surface area contributed by atoms with Crippen LogP contribution in [0.5, 0.6) is 0 Å². The van der Waals surface area contributed by atoms with Crippen LogP contribution < -0.4 is 0 Å². The lowest BCUT2D eigenvalue weighted by molar-refractivity contribution is 0.449. The highest BCUT2D eigenvalue weighted by Crippen LogP contribution is 2.31. The molecule has 1 aromatic carbocycles. The van der Waals surface area contributed by atoms with Crippen molar-refractivity contribution in [1.82, 2.24) is 29.6 Å². The minimum absolute atomic E-state index is 0.127. The van der Waals surface area contributed by atoms with Gasteiger partial charge in [-0.3, -0.25) is 4.68 Å². The number of aromatic nitrogens is 6. The van der Waals surface area contributed by atoms with Crippen molar-refractivity contribution < 1.29 is 13.2 Å². The van der Waals surface area contributed by atoms with E-state index < -0.39 is 17.5 Å². The summed E-state index contributed by atoms with van der Waals surface area (Å²) in [4.78, 5) is 0.410. The van der Waals surface area contributed by atoms with Gasteiger partial charge >= 0.3 is 0 Å². The molecule has 4 rings (SSSR count). The minimum atomic E-state index is -1.53. The summed E-state index contributed by atoms with van der Waals surface area (Å²) >= 11 is 1.03. The second-order valence-corrected chi connectivity index (χ2v) is 6.07. The van der Waals surface area contributed by atoms with E-state index in [1.165, 1.54) is 4.52 Å². The van der Waals surface area contributed by atoms with E-state index in [9.17, 15) is 13.2 Å². The lowest BCUT2D eigenvalue weighted by atomic mass is 10.2. The maximum Gasteiger partial charge on any atom is 0.235 e. The van der Waals surface area contributed by atoms with Crippen LogP contribution in [0.2, 0.25) is 0 Å². The van der Waals surface area contributed by atoms with Crippen LogP contribution in [0.1, 0.15) is 5.69 Å². The van der Waals surface area contributed by atoms with E-state index in [0.29, 0.717) is 10.8 Å². The number of hydrogen-bond acceptors (Lipinski definition) is 5. The molecule has 24 heavy (non-hydrogen) atoms. The minimum Gasteiger partial charge on any atom is -0.272 e. The molecule has 0 amide bonds. The molecule has 0 unspecified atom stereocenters. The zero-order valence-electron chi connectivity index (χ0n) is 12.5. The summed E-state index contributed by atoms with van der Waals surface area (Å²) in [5.74, 6) is -3.60. The van der Waals surface area contributed by atoms with Crippen LogP contribution in [-0.2, 0) is 7.05 Å². The second-order valence-electron chi connectivity index (χ2n) is 5.12. The normalized spacial score (nSPS) is 11.5. The van der Waals surface area contributed by atoms with Gasteiger partial charge in [0.05, 0.1) is 17.3 Å². The largest absolute Gasteiger partial charge is 0.272 e. The average Bonchev–Trinajstić information content (AvgIpc) is 3.22. The Hall–Kier alpha value is -2.75. The van der Waals surface area contributed by atoms with Crippen molar-refractivity contribution in [3.05, 3.63) is 41.5 Å². The van der Waals surface area contributed by atoms with Gasteiger partial charge in [-0.2, -0.15) is 14.7 Å². The Balaban J connectivity index is 1.89. The fourth-order valence-electron chi connectivity index (χ4n) is 2.30. The van der Waals surface area contributed by atoms with Gasteiger partial charge in [-0.25, -0.2) is 13.2 Å². The van der Waals surface area contributed by atoms with E-state index >= 15 is 0 Å². The maximum absolute atomic E-state index is 14.0. The van der Waals surface area contributed by atoms with E-state index in [1.54, 1.807) is 17.9 Å². The molecule has 3 heterocycles. The van der Waals surface area contributed by atoms with Gasteiger partial charge in [0, 0.05) is 12.7 Å².